The number of nitrogens with zero attached hydrogens (tertiary/aromatic N) is 2. The minimum Gasteiger partial charge on any atom is -0.376 e. The molecule has 2 N–H and O–H groups in total. The van der Waals surface area contributed by atoms with E-state index < -0.39 is 0 Å². The van der Waals surface area contributed by atoms with Crippen LogP contribution in [-0.2, 0) is 20.9 Å². The Labute approximate surface area is 216 Å². The molecule has 0 radical (unpaired) electrons. The number of hydrogen-bond donors (Lipinski definition) is 2. The van der Waals surface area contributed by atoms with E-state index in [1.165, 1.54) is 30.2 Å². The van der Waals surface area contributed by atoms with Crippen LogP contribution < -0.4 is 16.2 Å². The van der Waals surface area contributed by atoms with Crippen molar-refractivity contribution in [2.24, 2.45) is 0 Å². The molecular weight excluding hydrogens is 476 g/mol. The van der Waals surface area contributed by atoms with E-state index in [0.29, 0.717) is 48.5 Å². The molecule has 2 aromatic rings. The zero-order chi connectivity index (χ0) is 25.2. The molecule has 1 fully saturated rings. The van der Waals surface area contributed by atoms with Crippen LogP contribution in [0.5, 0.6) is 0 Å². The quantitative estimate of drug-likeness (QED) is 0.256. The van der Waals surface area contributed by atoms with Crippen molar-refractivity contribution in [3.05, 3.63) is 46.3 Å². The maximum atomic E-state index is 13.2. The highest BCUT2D eigenvalue weighted by molar-refractivity contribution is 7.99. The Kier molecular flexibility index (Phi) is 9.98. The third-order valence-electron chi connectivity index (χ3n) is 6.65. The normalized spacial score (nSPS) is 17.7. The molecule has 0 spiro atoms. The van der Waals surface area contributed by atoms with E-state index >= 15 is 0 Å². The van der Waals surface area contributed by atoms with Crippen molar-refractivity contribution >= 4 is 34.5 Å². The molecule has 8 nitrogen and oxygen atoms in total. The Balaban J connectivity index is 1.32. The Morgan fingerprint density at radius 1 is 1.14 bits per heavy atom. The van der Waals surface area contributed by atoms with E-state index in [1.807, 2.05) is 18.2 Å². The smallest absolute Gasteiger partial charge is 0.262 e. The van der Waals surface area contributed by atoms with Gasteiger partial charge in [-0.3, -0.25) is 19.0 Å². The Hall–Kier alpha value is -2.65. The predicted molar refractivity (Wildman–Crippen MR) is 142 cm³/mol. The predicted octanol–water partition coefficient (Wildman–Crippen LogP) is 3.57. The van der Waals surface area contributed by atoms with Crippen LogP contribution in [-0.4, -0.2) is 52.9 Å². The third-order valence-corrected chi connectivity index (χ3v) is 7.63. The van der Waals surface area contributed by atoms with Crippen LogP contribution in [0.4, 0.5) is 0 Å². The first-order chi connectivity index (χ1) is 17.6. The SMILES string of the molecule is O=C(CCCn1c(SCC(=O)NCCC2=CCCCC2)nc2ccccc2c1=O)NC[C@H]1CCCO1. The summed E-state index contributed by atoms with van der Waals surface area (Å²) < 4.78 is 7.14. The van der Waals surface area contributed by atoms with Gasteiger partial charge in [0.15, 0.2) is 5.16 Å². The first kappa shape index (κ1) is 26.4. The molecule has 0 saturated carbocycles. The van der Waals surface area contributed by atoms with E-state index in [-0.39, 0.29) is 29.2 Å². The zero-order valence-electron chi connectivity index (χ0n) is 20.8. The Bertz CT molecular complexity index is 1140. The number of aromatic nitrogens is 2. The molecule has 0 bridgehead atoms. The molecule has 4 rings (SSSR count). The van der Waals surface area contributed by atoms with Gasteiger partial charge in [-0.2, -0.15) is 0 Å². The highest BCUT2D eigenvalue weighted by Crippen LogP contribution is 2.20. The number of ether oxygens (including phenoxy) is 1. The van der Waals surface area contributed by atoms with Crippen molar-refractivity contribution in [1.29, 1.82) is 0 Å². The van der Waals surface area contributed by atoms with Crippen molar-refractivity contribution in [2.45, 2.75) is 75.6 Å². The number of rotatable bonds is 12. The lowest BCUT2D eigenvalue weighted by molar-refractivity contribution is -0.121. The van der Waals surface area contributed by atoms with Crippen molar-refractivity contribution in [3.63, 3.8) is 0 Å². The molecule has 0 unspecified atom stereocenters. The molecular formula is C27H36N4O4S. The summed E-state index contributed by atoms with van der Waals surface area (Å²) in [5.41, 5.74) is 1.90. The Morgan fingerprint density at radius 2 is 2.03 bits per heavy atom. The number of benzene rings is 1. The summed E-state index contributed by atoms with van der Waals surface area (Å²) in [4.78, 5) is 42.6. The molecule has 1 aliphatic heterocycles. The lowest BCUT2D eigenvalue weighted by Crippen LogP contribution is -2.32. The first-order valence-corrected chi connectivity index (χ1v) is 14.0. The molecule has 1 aliphatic carbocycles. The van der Waals surface area contributed by atoms with Crippen molar-refractivity contribution in [1.82, 2.24) is 20.2 Å². The van der Waals surface area contributed by atoms with Crippen molar-refractivity contribution in [2.75, 3.05) is 25.4 Å². The molecule has 1 aromatic carbocycles. The number of thioether (sulfide) groups is 1. The second-order valence-electron chi connectivity index (χ2n) is 9.41. The second-order valence-corrected chi connectivity index (χ2v) is 10.4. The summed E-state index contributed by atoms with van der Waals surface area (Å²) >= 11 is 1.26. The van der Waals surface area contributed by atoms with Gasteiger partial charge in [0.2, 0.25) is 11.8 Å². The van der Waals surface area contributed by atoms with Gasteiger partial charge in [-0.1, -0.05) is 35.5 Å². The molecule has 36 heavy (non-hydrogen) atoms. The minimum absolute atomic E-state index is 0.0473. The number of fused-ring (bicyclic) bond motifs is 1. The van der Waals surface area contributed by atoms with Crippen LogP contribution >= 0.6 is 11.8 Å². The largest absolute Gasteiger partial charge is 0.376 e. The molecule has 1 aromatic heterocycles. The number of carbonyl (C=O) groups excluding carboxylic acids is 2. The fourth-order valence-corrected chi connectivity index (χ4v) is 5.50. The van der Waals surface area contributed by atoms with E-state index in [0.717, 1.165) is 38.7 Å². The topological polar surface area (TPSA) is 102 Å². The molecule has 1 saturated heterocycles. The molecule has 2 aliphatic rings. The van der Waals surface area contributed by atoms with Crippen LogP contribution in [0.15, 0.2) is 45.9 Å². The average Bonchev–Trinajstić information content (AvgIpc) is 3.42. The number of carbonyl (C=O) groups is 2. The average molecular weight is 513 g/mol. The van der Waals surface area contributed by atoms with Crippen LogP contribution in [0.25, 0.3) is 10.9 Å². The highest BCUT2D eigenvalue weighted by Gasteiger charge is 2.17. The summed E-state index contributed by atoms with van der Waals surface area (Å²) in [6, 6.07) is 7.23. The van der Waals surface area contributed by atoms with Crippen molar-refractivity contribution < 1.29 is 14.3 Å². The van der Waals surface area contributed by atoms with E-state index in [9.17, 15) is 14.4 Å². The van der Waals surface area contributed by atoms with Crippen LogP contribution in [0.2, 0.25) is 0 Å². The summed E-state index contributed by atoms with van der Waals surface area (Å²) in [6.07, 6.45) is 10.9. The number of allylic oxidation sites excluding steroid dienone is 1. The molecule has 9 heteroatoms. The summed E-state index contributed by atoms with van der Waals surface area (Å²) in [6.45, 7) is 2.28. The summed E-state index contributed by atoms with van der Waals surface area (Å²) in [5, 5.41) is 6.95. The lowest BCUT2D eigenvalue weighted by Gasteiger charge is -2.14. The maximum absolute atomic E-state index is 13.2. The number of hydrogen-bond acceptors (Lipinski definition) is 6. The van der Waals surface area contributed by atoms with E-state index in [4.69, 9.17) is 4.74 Å². The second kappa shape index (κ2) is 13.6. The van der Waals surface area contributed by atoms with Crippen molar-refractivity contribution in [3.8, 4) is 0 Å². The van der Waals surface area contributed by atoms with Gasteiger partial charge < -0.3 is 15.4 Å². The van der Waals surface area contributed by atoms with Gasteiger partial charge in [-0.05, 0) is 63.5 Å². The summed E-state index contributed by atoms with van der Waals surface area (Å²) in [5.74, 6) is 0.0685. The van der Waals surface area contributed by atoms with Gasteiger partial charge in [0.25, 0.3) is 5.56 Å². The monoisotopic (exact) mass is 512 g/mol. The van der Waals surface area contributed by atoms with Crippen LogP contribution in [0.3, 0.4) is 0 Å². The fourth-order valence-electron chi connectivity index (χ4n) is 4.65. The molecule has 194 valence electrons. The van der Waals surface area contributed by atoms with Gasteiger partial charge >= 0.3 is 0 Å². The zero-order valence-corrected chi connectivity index (χ0v) is 21.6. The maximum Gasteiger partial charge on any atom is 0.262 e. The Morgan fingerprint density at radius 3 is 2.83 bits per heavy atom. The van der Waals surface area contributed by atoms with Gasteiger partial charge in [0, 0.05) is 32.7 Å². The van der Waals surface area contributed by atoms with E-state index in [2.05, 4.69) is 21.7 Å². The van der Waals surface area contributed by atoms with Gasteiger partial charge in [-0.25, -0.2) is 4.98 Å². The van der Waals surface area contributed by atoms with Gasteiger partial charge in [0.1, 0.15) is 0 Å². The van der Waals surface area contributed by atoms with E-state index in [1.54, 1.807) is 10.6 Å². The summed E-state index contributed by atoms with van der Waals surface area (Å²) in [7, 11) is 0. The minimum atomic E-state index is -0.146. The molecule has 2 heterocycles. The van der Waals surface area contributed by atoms with Gasteiger partial charge in [-0.15, -0.1) is 0 Å². The fraction of sp³-hybridized carbons (Fsp3) is 0.556. The number of amides is 2. The first-order valence-electron chi connectivity index (χ1n) is 13.1. The number of para-hydroxylation sites is 1. The molecule has 1 atom stereocenters. The van der Waals surface area contributed by atoms with Crippen LogP contribution in [0.1, 0.15) is 57.8 Å². The highest BCUT2D eigenvalue weighted by atomic mass is 32.2. The number of nitrogens with one attached hydrogen (secondary N) is 2. The third kappa shape index (κ3) is 7.67. The lowest BCUT2D eigenvalue weighted by atomic mass is 9.97. The van der Waals surface area contributed by atoms with Crippen LogP contribution in [0, 0.1) is 0 Å². The molecule has 2 amide bonds. The standard InChI is InChI=1S/C27H36N4O4S/c32-24(29-18-21-10-7-17-35-21)13-6-16-31-26(34)22-11-4-5-12-23(22)30-27(31)36-19-25(33)28-15-14-20-8-2-1-3-9-20/h4-5,8,11-12,21H,1-3,6-7,9-10,13-19H2,(H,28,33)(H,29,32)/t21-/m1/s1. The van der Waals surface area contributed by atoms with Gasteiger partial charge in [0.05, 0.1) is 22.8 Å².